The molecule has 0 spiro atoms. The standard InChI is InChI=1S/C25H18FN3O2S2/c1-31-19-9-7-16(8-10-19)20-13-22(23-6-3-11-32-23)29-25(21(20)14-27)33-15-24(30)28-18-5-2-4-17(26)12-18/h2-13H,15H2,1H3,(H,28,30). The second kappa shape index (κ2) is 10.3. The lowest BCUT2D eigenvalue weighted by Gasteiger charge is -2.12. The Kier molecular flexibility index (Phi) is 7.03. The normalized spacial score (nSPS) is 10.5. The first-order valence-corrected chi connectivity index (χ1v) is 11.8. The number of amides is 1. The van der Waals surface area contributed by atoms with Crippen molar-refractivity contribution in [3.05, 3.63) is 83.5 Å². The Labute approximate surface area is 198 Å². The van der Waals surface area contributed by atoms with E-state index in [-0.39, 0.29) is 11.7 Å². The highest BCUT2D eigenvalue weighted by atomic mass is 32.2. The Hall–Kier alpha value is -3.67. The number of rotatable bonds is 7. The number of anilines is 1. The summed E-state index contributed by atoms with van der Waals surface area (Å²) in [5.41, 5.74) is 3.07. The van der Waals surface area contributed by atoms with Gasteiger partial charge in [0.1, 0.15) is 22.7 Å². The van der Waals surface area contributed by atoms with Gasteiger partial charge in [0, 0.05) is 11.3 Å². The first-order chi connectivity index (χ1) is 16.1. The summed E-state index contributed by atoms with van der Waals surface area (Å²) >= 11 is 2.72. The minimum absolute atomic E-state index is 0.0220. The van der Waals surface area contributed by atoms with Crippen LogP contribution in [0.15, 0.2) is 77.1 Å². The van der Waals surface area contributed by atoms with Crippen LogP contribution in [-0.4, -0.2) is 23.8 Å². The third kappa shape index (κ3) is 5.40. The van der Waals surface area contributed by atoms with E-state index >= 15 is 0 Å². The van der Waals surface area contributed by atoms with Crippen LogP contribution in [0.25, 0.3) is 21.7 Å². The molecule has 0 radical (unpaired) electrons. The monoisotopic (exact) mass is 475 g/mol. The second-order valence-electron chi connectivity index (χ2n) is 6.90. The molecule has 2 heterocycles. The molecule has 4 rings (SSSR count). The summed E-state index contributed by atoms with van der Waals surface area (Å²) in [6.07, 6.45) is 0. The van der Waals surface area contributed by atoms with Crippen LogP contribution in [0, 0.1) is 17.1 Å². The summed E-state index contributed by atoms with van der Waals surface area (Å²) in [5, 5.41) is 15.0. The van der Waals surface area contributed by atoms with Crippen molar-refractivity contribution in [1.82, 2.24) is 4.98 Å². The number of benzene rings is 2. The molecule has 0 aliphatic heterocycles. The minimum atomic E-state index is -0.429. The van der Waals surface area contributed by atoms with Gasteiger partial charge in [-0.05, 0) is 53.4 Å². The number of thioether (sulfide) groups is 1. The number of carbonyl (C=O) groups is 1. The highest BCUT2D eigenvalue weighted by Crippen LogP contribution is 2.36. The molecule has 33 heavy (non-hydrogen) atoms. The topological polar surface area (TPSA) is 75.0 Å². The number of methoxy groups -OCH3 is 1. The molecule has 0 unspecified atom stereocenters. The average molecular weight is 476 g/mol. The summed E-state index contributed by atoms with van der Waals surface area (Å²) in [4.78, 5) is 18.1. The minimum Gasteiger partial charge on any atom is -0.497 e. The number of ether oxygens (including phenoxy) is 1. The average Bonchev–Trinajstić information content (AvgIpc) is 3.37. The highest BCUT2D eigenvalue weighted by molar-refractivity contribution is 8.00. The van der Waals surface area contributed by atoms with E-state index in [4.69, 9.17) is 4.74 Å². The van der Waals surface area contributed by atoms with Crippen LogP contribution in [0.2, 0.25) is 0 Å². The van der Waals surface area contributed by atoms with Crippen molar-refractivity contribution in [2.75, 3.05) is 18.2 Å². The number of hydrogen-bond acceptors (Lipinski definition) is 6. The maximum atomic E-state index is 13.4. The molecule has 0 aliphatic carbocycles. The first-order valence-electron chi connectivity index (χ1n) is 9.89. The fourth-order valence-corrected chi connectivity index (χ4v) is 4.67. The summed E-state index contributed by atoms with van der Waals surface area (Å²) < 4.78 is 18.6. The van der Waals surface area contributed by atoms with Gasteiger partial charge in [-0.1, -0.05) is 36.0 Å². The van der Waals surface area contributed by atoms with Crippen LogP contribution in [0.5, 0.6) is 5.75 Å². The Balaban J connectivity index is 1.66. The van der Waals surface area contributed by atoms with E-state index < -0.39 is 5.82 Å². The van der Waals surface area contributed by atoms with E-state index in [1.807, 2.05) is 47.8 Å². The third-order valence-electron chi connectivity index (χ3n) is 4.72. The number of halogens is 1. The predicted molar refractivity (Wildman–Crippen MR) is 130 cm³/mol. The van der Waals surface area contributed by atoms with Crippen molar-refractivity contribution in [2.24, 2.45) is 0 Å². The zero-order valence-electron chi connectivity index (χ0n) is 17.5. The van der Waals surface area contributed by atoms with Gasteiger partial charge in [0.25, 0.3) is 0 Å². The van der Waals surface area contributed by atoms with Crippen molar-refractivity contribution in [2.45, 2.75) is 5.03 Å². The molecule has 164 valence electrons. The molecule has 1 N–H and O–H groups in total. The quantitative estimate of drug-likeness (QED) is 0.321. The Morgan fingerprint density at radius 2 is 2.00 bits per heavy atom. The van der Waals surface area contributed by atoms with Gasteiger partial charge in [-0.2, -0.15) is 5.26 Å². The van der Waals surface area contributed by atoms with E-state index in [9.17, 15) is 14.4 Å². The number of nitriles is 1. The van der Waals surface area contributed by atoms with Crippen LogP contribution >= 0.6 is 23.1 Å². The molecule has 4 aromatic rings. The predicted octanol–water partition coefficient (Wildman–Crippen LogP) is 6.23. The van der Waals surface area contributed by atoms with Crippen molar-refractivity contribution in [3.63, 3.8) is 0 Å². The molecule has 2 aromatic carbocycles. The number of nitrogens with zero attached hydrogens (tertiary/aromatic N) is 2. The molecule has 2 aromatic heterocycles. The molecule has 5 nitrogen and oxygen atoms in total. The van der Waals surface area contributed by atoms with Crippen LogP contribution < -0.4 is 10.1 Å². The summed E-state index contributed by atoms with van der Waals surface area (Å²) in [5.74, 6) is -0.00684. The van der Waals surface area contributed by atoms with Crippen molar-refractivity contribution in [3.8, 4) is 33.5 Å². The molecule has 0 saturated carbocycles. The van der Waals surface area contributed by atoms with Gasteiger partial charge >= 0.3 is 0 Å². The molecule has 0 aliphatic rings. The van der Waals surface area contributed by atoms with Crippen molar-refractivity contribution in [1.29, 1.82) is 5.26 Å². The zero-order valence-corrected chi connectivity index (χ0v) is 19.2. The molecule has 0 atom stereocenters. The number of hydrogen-bond donors (Lipinski definition) is 1. The van der Waals surface area contributed by atoms with E-state index in [1.54, 1.807) is 24.5 Å². The molecule has 8 heteroatoms. The molecule has 0 saturated heterocycles. The molecular weight excluding hydrogens is 457 g/mol. The lowest BCUT2D eigenvalue weighted by atomic mass is 10.0. The van der Waals surface area contributed by atoms with Crippen LogP contribution in [0.3, 0.4) is 0 Å². The number of thiophene rings is 1. The summed E-state index contributed by atoms with van der Waals surface area (Å²) in [6.45, 7) is 0. The number of nitrogens with one attached hydrogen (secondary N) is 1. The van der Waals surface area contributed by atoms with Crippen molar-refractivity contribution < 1.29 is 13.9 Å². The SMILES string of the molecule is COc1ccc(-c2cc(-c3cccs3)nc(SCC(=O)Nc3cccc(F)c3)c2C#N)cc1. The van der Waals surface area contributed by atoms with Gasteiger partial charge in [-0.3, -0.25) is 4.79 Å². The van der Waals surface area contributed by atoms with E-state index in [0.717, 1.165) is 21.7 Å². The van der Waals surface area contributed by atoms with Gasteiger partial charge in [0.15, 0.2) is 0 Å². The van der Waals surface area contributed by atoms with Gasteiger partial charge < -0.3 is 10.1 Å². The van der Waals surface area contributed by atoms with Crippen LogP contribution in [0.1, 0.15) is 5.56 Å². The van der Waals surface area contributed by atoms with E-state index in [0.29, 0.717) is 22.0 Å². The van der Waals surface area contributed by atoms with Crippen LogP contribution in [0.4, 0.5) is 10.1 Å². The smallest absolute Gasteiger partial charge is 0.234 e. The van der Waals surface area contributed by atoms with Gasteiger partial charge in [-0.15, -0.1) is 11.3 Å². The van der Waals surface area contributed by atoms with Gasteiger partial charge in [0.05, 0.1) is 29.0 Å². The van der Waals surface area contributed by atoms with Gasteiger partial charge in [0.2, 0.25) is 5.91 Å². The van der Waals surface area contributed by atoms with Gasteiger partial charge in [-0.25, -0.2) is 9.37 Å². The summed E-state index contributed by atoms with van der Waals surface area (Å²) in [6, 6.07) is 21.2. The number of aromatic nitrogens is 1. The number of pyridine rings is 1. The highest BCUT2D eigenvalue weighted by Gasteiger charge is 2.17. The molecule has 1 amide bonds. The molecular formula is C25H18FN3O2S2. The number of carbonyl (C=O) groups excluding carboxylic acids is 1. The zero-order chi connectivity index (χ0) is 23.2. The van der Waals surface area contributed by atoms with E-state index in [1.165, 1.54) is 30.0 Å². The fraction of sp³-hybridized carbons (Fsp3) is 0.0800. The summed E-state index contributed by atoms with van der Waals surface area (Å²) in [7, 11) is 1.60. The lowest BCUT2D eigenvalue weighted by molar-refractivity contribution is -0.113. The molecule has 0 bridgehead atoms. The first kappa shape index (κ1) is 22.5. The largest absolute Gasteiger partial charge is 0.497 e. The maximum absolute atomic E-state index is 13.4. The van der Waals surface area contributed by atoms with E-state index in [2.05, 4.69) is 16.4 Å². The lowest BCUT2D eigenvalue weighted by Crippen LogP contribution is -2.14. The van der Waals surface area contributed by atoms with Crippen LogP contribution in [-0.2, 0) is 4.79 Å². The Morgan fingerprint density at radius 3 is 2.67 bits per heavy atom. The Morgan fingerprint density at radius 1 is 1.18 bits per heavy atom. The maximum Gasteiger partial charge on any atom is 0.234 e. The van der Waals surface area contributed by atoms with Crippen molar-refractivity contribution >= 4 is 34.7 Å². The second-order valence-corrected chi connectivity index (χ2v) is 8.81. The third-order valence-corrected chi connectivity index (χ3v) is 6.59. The Bertz CT molecular complexity index is 1320. The molecule has 0 fully saturated rings. The fourth-order valence-electron chi connectivity index (χ4n) is 3.18.